The van der Waals surface area contributed by atoms with Crippen LogP contribution in [0.4, 0.5) is 5.69 Å². The van der Waals surface area contributed by atoms with Gasteiger partial charge in [0.25, 0.3) is 0 Å². The second kappa shape index (κ2) is 9.60. The van der Waals surface area contributed by atoms with Gasteiger partial charge in [-0.05, 0) is 49.4 Å². The molecule has 32 heavy (non-hydrogen) atoms. The first-order valence-electron chi connectivity index (χ1n) is 9.96. The molecule has 4 aromatic rings. The summed E-state index contributed by atoms with van der Waals surface area (Å²) in [4.78, 5) is 17.2. The van der Waals surface area contributed by atoms with Gasteiger partial charge in [-0.3, -0.25) is 4.79 Å². The number of amides is 1. The number of carbonyl (C=O) groups is 1. The zero-order valence-electron chi connectivity index (χ0n) is 17.3. The van der Waals surface area contributed by atoms with Crippen molar-refractivity contribution < 1.29 is 17.6 Å². The van der Waals surface area contributed by atoms with Crippen LogP contribution in [0.1, 0.15) is 12.7 Å². The van der Waals surface area contributed by atoms with Crippen LogP contribution in [0.5, 0.6) is 0 Å². The fourth-order valence-corrected chi connectivity index (χ4v) is 5.12. The monoisotopic (exact) mass is 470 g/mol. The molecule has 0 aliphatic rings. The van der Waals surface area contributed by atoms with Gasteiger partial charge in [0.15, 0.2) is 5.16 Å². The van der Waals surface area contributed by atoms with E-state index in [1.165, 1.54) is 30.2 Å². The van der Waals surface area contributed by atoms with Crippen molar-refractivity contribution in [2.45, 2.75) is 30.1 Å². The number of nitrogens with one attached hydrogen (secondary N) is 2. The first-order valence-corrected chi connectivity index (χ1v) is 12.4. The van der Waals surface area contributed by atoms with E-state index in [1.54, 1.807) is 24.3 Å². The fraction of sp³-hybridized carbons (Fsp3) is 0.182. The predicted molar refractivity (Wildman–Crippen MR) is 124 cm³/mol. The number of rotatable bonds is 9. The summed E-state index contributed by atoms with van der Waals surface area (Å²) in [5.74, 6) is 0.410. The molecule has 0 saturated heterocycles. The van der Waals surface area contributed by atoms with Crippen LogP contribution in [0.25, 0.3) is 11.0 Å². The molecule has 2 aromatic heterocycles. The van der Waals surface area contributed by atoms with Crippen molar-refractivity contribution in [3.05, 3.63) is 72.7 Å². The van der Waals surface area contributed by atoms with Gasteiger partial charge < -0.3 is 14.3 Å². The maximum atomic E-state index is 12.6. The molecular weight excluding hydrogens is 448 g/mol. The van der Waals surface area contributed by atoms with Crippen LogP contribution in [0.15, 0.2) is 81.4 Å². The van der Waals surface area contributed by atoms with Crippen molar-refractivity contribution in [3.63, 3.8) is 0 Å². The minimum absolute atomic E-state index is 0.0426. The highest BCUT2D eigenvalue weighted by atomic mass is 32.2. The molecule has 0 atom stereocenters. The van der Waals surface area contributed by atoms with Crippen LogP contribution >= 0.6 is 11.8 Å². The molecule has 0 unspecified atom stereocenters. The Morgan fingerprint density at radius 2 is 1.97 bits per heavy atom. The van der Waals surface area contributed by atoms with E-state index in [2.05, 4.69) is 19.6 Å². The summed E-state index contributed by atoms with van der Waals surface area (Å²) in [6.45, 7) is 2.82. The van der Waals surface area contributed by atoms with E-state index in [-0.39, 0.29) is 23.1 Å². The summed E-state index contributed by atoms with van der Waals surface area (Å²) >= 11 is 1.34. The number of carbonyl (C=O) groups excluding carboxylic acids is 1. The van der Waals surface area contributed by atoms with Gasteiger partial charge >= 0.3 is 0 Å². The molecule has 0 aliphatic carbocycles. The highest BCUT2D eigenvalue weighted by Crippen LogP contribution is 2.24. The third kappa shape index (κ3) is 5.04. The van der Waals surface area contributed by atoms with Crippen molar-refractivity contribution in [2.24, 2.45) is 0 Å². The van der Waals surface area contributed by atoms with Gasteiger partial charge in [0.05, 0.1) is 34.5 Å². The summed E-state index contributed by atoms with van der Waals surface area (Å²) in [6, 6.07) is 17.3. The zero-order chi connectivity index (χ0) is 22.6. The average molecular weight is 471 g/mol. The number of imidazole rings is 1. The number of nitrogens with zero attached hydrogens (tertiary/aromatic N) is 2. The molecular formula is C22H22N4O4S2. The van der Waals surface area contributed by atoms with Gasteiger partial charge in [0.1, 0.15) is 5.76 Å². The second-order valence-electron chi connectivity index (χ2n) is 6.90. The lowest BCUT2D eigenvalue weighted by Gasteiger charge is -2.09. The molecule has 2 N–H and O–H groups in total. The number of fused-ring (bicyclic) bond motifs is 1. The standard InChI is InChI=1S/C22H22N4O4S2/c1-2-26-20-11-4-3-10-19(20)25-22(26)31-15-21(27)24-16-7-5-9-18(13-16)32(28,29)23-14-17-8-6-12-30-17/h3-13,23H,2,14-15H2,1H3,(H,24,27). The van der Waals surface area contributed by atoms with Crippen molar-refractivity contribution in [1.29, 1.82) is 0 Å². The molecule has 10 heteroatoms. The molecule has 0 saturated carbocycles. The van der Waals surface area contributed by atoms with Crippen molar-refractivity contribution in [2.75, 3.05) is 11.1 Å². The summed E-state index contributed by atoms with van der Waals surface area (Å²) < 4.78 is 34.8. The number of anilines is 1. The molecule has 166 valence electrons. The lowest BCUT2D eigenvalue weighted by atomic mass is 10.3. The Hall–Kier alpha value is -3.08. The third-order valence-corrected chi connectivity index (χ3v) is 7.09. The summed E-state index contributed by atoms with van der Waals surface area (Å²) in [5, 5.41) is 3.52. The normalized spacial score (nSPS) is 11.7. The quantitative estimate of drug-likeness (QED) is 0.360. The van der Waals surface area contributed by atoms with Gasteiger partial charge in [0, 0.05) is 12.2 Å². The molecule has 1 amide bonds. The fourth-order valence-electron chi connectivity index (χ4n) is 3.20. The Kier molecular flexibility index (Phi) is 6.63. The number of hydrogen-bond acceptors (Lipinski definition) is 6. The maximum absolute atomic E-state index is 12.6. The van der Waals surface area contributed by atoms with E-state index in [9.17, 15) is 13.2 Å². The number of sulfonamides is 1. The second-order valence-corrected chi connectivity index (χ2v) is 9.61. The Balaban J connectivity index is 1.40. The van der Waals surface area contributed by atoms with E-state index in [4.69, 9.17) is 4.42 Å². The molecule has 0 spiro atoms. The zero-order valence-corrected chi connectivity index (χ0v) is 18.9. The van der Waals surface area contributed by atoms with E-state index < -0.39 is 10.0 Å². The average Bonchev–Trinajstić information content (AvgIpc) is 3.44. The number of thioether (sulfide) groups is 1. The van der Waals surface area contributed by atoms with Crippen molar-refractivity contribution >= 4 is 44.4 Å². The SMILES string of the molecule is CCn1c(SCC(=O)Nc2cccc(S(=O)(=O)NCc3ccco3)c2)nc2ccccc21. The largest absolute Gasteiger partial charge is 0.468 e. The molecule has 4 rings (SSSR count). The van der Waals surface area contributed by atoms with E-state index >= 15 is 0 Å². The molecule has 0 radical (unpaired) electrons. The Morgan fingerprint density at radius 3 is 2.75 bits per heavy atom. The number of hydrogen-bond donors (Lipinski definition) is 2. The highest BCUT2D eigenvalue weighted by Gasteiger charge is 2.16. The number of para-hydroxylation sites is 2. The Labute approximate surface area is 190 Å². The summed E-state index contributed by atoms with van der Waals surface area (Å²) in [7, 11) is -3.75. The van der Waals surface area contributed by atoms with Gasteiger partial charge in [-0.15, -0.1) is 0 Å². The van der Waals surface area contributed by atoms with Crippen LogP contribution in [0.3, 0.4) is 0 Å². The first-order chi connectivity index (χ1) is 15.5. The van der Waals surface area contributed by atoms with Crippen LogP contribution in [0.2, 0.25) is 0 Å². The van der Waals surface area contributed by atoms with Gasteiger partial charge in [-0.25, -0.2) is 18.1 Å². The summed E-state index contributed by atoms with van der Waals surface area (Å²) in [6.07, 6.45) is 1.48. The maximum Gasteiger partial charge on any atom is 0.241 e. The minimum Gasteiger partial charge on any atom is -0.468 e. The smallest absolute Gasteiger partial charge is 0.241 e. The number of furan rings is 1. The van der Waals surface area contributed by atoms with Gasteiger partial charge in [-0.2, -0.15) is 0 Å². The topological polar surface area (TPSA) is 106 Å². The van der Waals surface area contributed by atoms with Crippen molar-refractivity contribution in [1.82, 2.24) is 14.3 Å². The molecule has 8 nitrogen and oxygen atoms in total. The Bertz CT molecular complexity index is 1330. The predicted octanol–water partition coefficient (Wildman–Crippen LogP) is 3.86. The van der Waals surface area contributed by atoms with Crippen LogP contribution in [-0.2, 0) is 27.9 Å². The van der Waals surface area contributed by atoms with Crippen LogP contribution in [0, 0.1) is 0 Å². The van der Waals surface area contributed by atoms with Gasteiger partial charge in [-0.1, -0.05) is 30.0 Å². The highest BCUT2D eigenvalue weighted by molar-refractivity contribution is 7.99. The lowest BCUT2D eigenvalue weighted by molar-refractivity contribution is -0.113. The molecule has 0 aliphatic heterocycles. The molecule has 2 heterocycles. The number of benzene rings is 2. The Morgan fingerprint density at radius 1 is 1.12 bits per heavy atom. The van der Waals surface area contributed by atoms with E-state index in [0.717, 1.165) is 22.7 Å². The minimum atomic E-state index is -3.75. The van der Waals surface area contributed by atoms with Crippen LogP contribution < -0.4 is 10.0 Å². The third-order valence-electron chi connectivity index (χ3n) is 4.71. The summed E-state index contributed by atoms with van der Waals surface area (Å²) in [5.41, 5.74) is 2.32. The molecule has 0 bridgehead atoms. The van der Waals surface area contributed by atoms with Gasteiger partial charge in [0.2, 0.25) is 15.9 Å². The molecule has 2 aromatic carbocycles. The number of aryl methyl sites for hydroxylation is 1. The van der Waals surface area contributed by atoms with E-state index in [1.807, 2.05) is 31.2 Å². The lowest BCUT2D eigenvalue weighted by Crippen LogP contribution is -2.23. The first kappa shape index (κ1) is 22.1. The number of aromatic nitrogens is 2. The molecule has 0 fully saturated rings. The van der Waals surface area contributed by atoms with Crippen molar-refractivity contribution in [3.8, 4) is 0 Å². The van der Waals surface area contributed by atoms with Crippen LogP contribution in [-0.4, -0.2) is 29.6 Å². The van der Waals surface area contributed by atoms with E-state index in [0.29, 0.717) is 11.4 Å².